The van der Waals surface area contributed by atoms with Crippen molar-refractivity contribution in [2.75, 3.05) is 7.05 Å². The van der Waals surface area contributed by atoms with E-state index in [-0.39, 0.29) is 6.61 Å². The van der Waals surface area contributed by atoms with Crippen molar-refractivity contribution in [3.8, 4) is 0 Å². The number of rotatable bonds is 3. The summed E-state index contributed by atoms with van der Waals surface area (Å²) in [5, 5.41) is 9.93. The first-order valence-electron chi connectivity index (χ1n) is 3.99. The fourth-order valence-electron chi connectivity index (χ4n) is 0.771. The number of carbonyl (C=O) groups excluding carboxylic acids is 1. The Hall–Kier alpha value is -1.59. The van der Waals surface area contributed by atoms with Crippen LogP contribution in [0.2, 0.25) is 0 Å². The largest absolute Gasteiger partial charge is 0.443 e. The lowest BCUT2D eigenvalue weighted by Crippen LogP contribution is -2.18. The lowest BCUT2D eigenvalue weighted by molar-refractivity contribution is 0.140. The molecule has 0 aliphatic heterocycles. The summed E-state index contributed by atoms with van der Waals surface area (Å²) in [6.07, 6.45) is 1.27. The van der Waals surface area contributed by atoms with Crippen molar-refractivity contribution in [1.82, 2.24) is 20.3 Å². The molecule has 0 saturated heterocycles. The molecule has 0 fully saturated rings. The van der Waals surface area contributed by atoms with Gasteiger partial charge in [0.15, 0.2) is 0 Å². The van der Waals surface area contributed by atoms with Crippen LogP contribution in [0.3, 0.4) is 0 Å². The maximum absolute atomic E-state index is 10.7. The molecular formula is C7H12N4O2. The molecule has 0 aliphatic rings. The van der Waals surface area contributed by atoms with Crippen molar-refractivity contribution in [2.45, 2.75) is 20.1 Å². The lowest BCUT2D eigenvalue weighted by atomic mass is 10.5. The third kappa shape index (κ3) is 2.73. The molecule has 1 heterocycles. The minimum absolute atomic E-state index is 0.152. The molecule has 0 radical (unpaired) electrons. The van der Waals surface area contributed by atoms with E-state index < -0.39 is 6.09 Å². The Morgan fingerprint density at radius 1 is 1.77 bits per heavy atom. The number of nitrogens with one attached hydrogen (secondary N) is 1. The van der Waals surface area contributed by atoms with E-state index in [1.807, 2.05) is 6.92 Å². The van der Waals surface area contributed by atoms with Gasteiger partial charge in [-0.15, -0.1) is 5.10 Å². The van der Waals surface area contributed by atoms with Crippen molar-refractivity contribution < 1.29 is 9.53 Å². The van der Waals surface area contributed by atoms with Crippen molar-refractivity contribution in [2.24, 2.45) is 0 Å². The van der Waals surface area contributed by atoms with Crippen LogP contribution < -0.4 is 5.32 Å². The zero-order chi connectivity index (χ0) is 9.68. The summed E-state index contributed by atoms with van der Waals surface area (Å²) in [6, 6.07) is 0. The summed E-state index contributed by atoms with van der Waals surface area (Å²) in [7, 11) is 1.51. The summed E-state index contributed by atoms with van der Waals surface area (Å²) < 4.78 is 6.44. The normalized spacial score (nSPS) is 9.69. The Bertz CT molecular complexity index is 284. The zero-order valence-electron chi connectivity index (χ0n) is 7.65. The van der Waals surface area contributed by atoms with Crippen LogP contribution in [0.25, 0.3) is 0 Å². The third-order valence-electron chi connectivity index (χ3n) is 1.47. The van der Waals surface area contributed by atoms with E-state index in [0.29, 0.717) is 5.69 Å². The van der Waals surface area contributed by atoms with Crippen LogP contribution in [0.1, 0.15) is 12.6 Å². The van der Waals surface area contributed by atoms with Gasteiger partial charge in [-0.2, -0.15) is 0 Å². The molecular weight excluding hydrogens is 172 g/mol. The molecule has 0 spiro atoms. The highest BCUT2D eigenvalue weighted by Gasteiger charge is 2.02. The maximum Gasteiger partial charge on any atom is 0.407 e. The monoisotopic (exact) mass is 184 g/mol. The van der Waals surface area contributed by atoms with E-state index >= 15 is 0 Å². The van der Waals surface area contributed by atoms with Crippen LogP contribution in [0.15, 0.2) is 6.20 Å². The molecule has 13 heavy (non-hydrogen) atoms. The molecule has 6 nitrogen and oxygen atoms in total. The summed E-state index contributed by atoms with van der Waals surface area (Å²) in [5.41, 5.74) is 0.644. The van der Waals surface area contributed by atoms with Gasteiger partial charge in [0.1, 0.15) is 12.3 Å². The smallest absolute Gasteiger partial charge is 0.407 e. The molecule has 72 valence electrons. The third-order valence-corrected chi connectivity index (χ3v) is 1.47. The highest BCUT2D eigenvalue weighted by molar-refractivity contribution is 5.66. The highest BCUT2D eigenvalue weighted by Crippen LogP contribution is 1.95. The molecule has 1 rings (SSSR count). The second-order valence-electron chi connectivity index (χ2n) is 2.39. The Balaban J connectivity index is 2.41. The Morgan fingerprint density at radius 2 is 2.54 bits per heavy atom. The molecule has 1 amide bonds. The van der Waals surface area contributed by atoms with Gasteiger partial charge in [0.2, 0.25) is 0 Å². The molecule has 1 aromatic rings. The number of ether oxygens (including phenoxy) is 1. The highest BCUT2D eigenvalue weighted by atomic mass is 16.5. The quantitative estimate of drug-likeness (QED) is 0.726. The second kappa shape index (κ2) is 4.44. The van der Waals surface area contributed by atoms with E-state index in [1.165, 1.54) is 7.05 Å². The zero-order valence-corrected chi connectivity index (χ0v) is 7.65. The molecule has 0 aromatic carbocycles. The van der Waals surface area contributed by atoms with Crippen LogP contribution in [0.4, 0.5) is 4.79 Å². The van der Waals surface area contributed by atoms with Crippen molar-refractivity contribution >= 4 is 6.09 Å². The number of nitrogens with zero attached hydrogens (tertiary/aromatic N) is 3. The van der Waals surface area contributed by atoms with E-state index in [9.17, 15) is 4.79 Å². The van der Waals surface area contributed by atoms with Gasteiger partial charge in [-0.25, -0.2) is 4.79 Å². The summed E-state index contributed by atoms with van der Waals surface area (Å²) in [4.78, 5) is 10.7. The van der Waals surface area contributed by atoms with Gasteiger partial charge >= 0.3 is 6.09 Å². The molecule has 0 bridgehead atoms. The average Bonchev–Trinajstić information content (AvgIpc) is 2.61. The Kier molecular flexibility index (Phi) is 3.24. The van der Waals surface area contributed by atoms with E-state index in [1.54, 1.807) is 10.9 Å². The van der Waals surface area contributed by atoms with E-state index in [0.717, 1.165) is 6.54 Å². The number of amides is 1. The number of carbonyl (C=O) groups is 1. The van der Waals surface area contributed by atoms with Gasteiger partial charge < -0.3 is 10.1 Å². The van der Waals surface area contributed by atoms with Gasteiger partial charge in [-0.1, -0.05) is 5.21 Å². The summed E-state index contributed by atoms with van der Waals surface area (Å²) in [6.45, 7) is 2.87. The molecule has 0 saturated carbocycles. The number of alkyl carbamates (subject to hydrolysis) is 1. The number of hydrogen-bond donors (Lipinski definition) is 1. The van der Waals surface area contributed by atoms with Crippen LogP contribution in [0, 0.1) is 0 Å². The maximum atomic E-state index is 10.7. The SMILES string of the molecule is CCn1cc(COC(=O)NC)nn1. The number of aromatic nitrogens is 3. The first-order chi connectivity index (χ1) is 6.26. The van der Waals surface area contributed by atoms with Crippen LogP contribution >= 0.6 is 0 Å². The predicted octanol–water partition coefficient (Wildman–Crippen LogP) is 0.154. The first kappa shape index (κ1) is 9.50. The average molecular weight is 184 g/mol. The first-order valence-corrected chi connectivity index (χ1v) is 3.99. The van der Waals surface area contributed by atoms with Gasteiger partial charge in [0.25, 0.3) is 0 Å². The van der Waals surface area contributed by atoms with Crippen LogP contribution in [0.5, 0.6) is 0 Å². The minimum atomic E-state index is -0.467. The molecule has 0 unspecified atom stereocenters. The topological polar surface area (TPSA) is 69.0 Å². The number of hydrogen-bond acceptors (Lipinski definition) is 4. The van der Waals surface area contributed by atoms with E-state index in [2.05, 4.69) is 15.6 Å². The molecule has 0 atom stereocenters. The van der Waals surface area contributed by atoms with Crippen molar-refractivity contribution in [3.05, 3.63) is 11.9 Å². The van der Waals surface area contributed by atoms with Crippen molar-refractivity contribution in [3.63, 3.8) is 0 Å². The number of aryl methyl sites for hydroxylation is 1. The second-order valence-corrected chi connectivity index (χ2v) is 2.39. The molecule has 1 aromatic heterocycles. The fourth-order valence-corrected chi connectivity index (χ4v) is 0.771. The van der Waals surface area contributed by atoms with Gasteiger partial charge in [-0.05, 0) is 6.92 Å². The molecule has 0 aliphatic carbocycles. The van der Waals surface area contributed by atoms with Gasteiger partial charge in [0.05, 0.1) is 6.20 Å². The summed E-state index contributed by atoms with van der Waals surface area (Å²) in [5.74, 6) is 0. The fraction of sp³-hybridized carbons (Fsp3) is 0.571. The van der Waals surface area contributed by atoms with Crippen LogP contribution in [-0.2, 0) is 17.9 Å². The van der Waals surface area contributed by atoms with E-state index in [4.69, 9.17) is 4.74 Å². The molecule has 1 N–H and O–H groups in total. The van der Waals surface area contributed by atoms with Crippen LogP contribution in [-0.4, -0.2) is 28.1 Å². The predicted molar refractivity (Wildman–Crippen MR) is 44.9 cm³/mol. The lowest BCUT2D eigenvalue weighted by Gasteiger charge is -1.99. The minimum Gasteiger partial charge on any atom is -0.443 e. The Morgan fingerprint density at radius 3 is 3.08 bits per heavy atom. The van der Waals surface area contributed by atoms with Gasteiger partial charge in [-0.3, -0.25) is 4.68 Å². The van der Waals surface area contributed by atoms with Gasteiger partial charge in [0, 0.05) is 13.6 Å². The Labute approximate surface area is 75.9 Å². The van der Waals surface area contributed by atoms with Crippen molar-refractivity contribution in [1.29, 1.82) is 0 Å². The standard InChI is InChI=1S/C7H12N4O2/c1-3-11-4-6(9-10-11)5-13-7(12)8-2/h4H,3,5H2,1-2H3,(H,8,12). The summed E-state index contributed by atoms with van der Waals surface area (Å²) >= 11 is 0. The molecule has 6 heteroatoms.